The summed E-state index contributed by atoms with van der Waals surface area (Å²) in [5.74, 6) is -1.82. The highest BCUT2D eigenvalue weighted by atomic mass is 32.2. The average molecular weight is 558 g/mol. The zero-order valence-electron chi connectivity index (χ0n) is 22.7. The molecular formula is C27H41F2N3O3S2. The van der Waals surface area contributed by atoms with Crippen molar-refractivity contribution in [1.82, 2.24) is 9.88 Å². The van der Waals surface area contributed by atoms with Crippen molar-refractivity contribution < 1.29 is 24.5 Å². The van der Waals surface area contributed by atoms with Gasteiger partial charge in [-0.15, -0.1) is 11.3 Å². The summed E-state index contributed by atoms with van der Waals surface area (Å²) in [4.78, 5) is 31.8. The molecule has 0 fully saturated rings. The number of hydrogen-bond acceptors (Lipinski definition) is 6. The number of rotatable bonds is 13. The molecule has 1 aromatic heterocycles. The standard InChI is InChI=1S/C27H39F2N3O3S2.H2/c1-7-8-9-10-11-15-32(24(34)31-22-13-12-19(28)17-21(22)29)16-14-20-18-36-25(30-20)37-27(5,6)23(33)35-26(2,3)4;/h12-13,17-18H,7-11,14-16H2,1-6H3,(H,31,34);1H. The van der Waals surface area contributed by atoms with Crippen LogP contribution >= 0.6 is 23.1 Å². The number of benzene rings is 1. The first-order chi connectivity index (χ1) is 17.3. The molecule has 0 aliphatic carbocycles. The minimum atomic E-state index is -0.815. The first kappa shape index (κ1) is 31.0. The minimum absolute atomic E-state index is 0. The van der Waals surface area contributed by atoms with E-state index in [9.17, 15) is 18.4 Å². The third-order valence-corrected chi connectivity index (χ3v) is 7.56. The van der Waals surface area contributed by atoms with Crippen LogP contribution in [0.5, 0.6) is 0 Å². The van der Waals surface area contributed by atoms with Crippen molar-refractivity contribution in [2.24, 2.45) is 0 Å². The van der Waals surface area contributed by atoms with Crippen LogP contribution in [-0.4, -0.2) is 45.3 Å². The average Bonchev–Trinajstić information content (AvgIpc) is 3.22. The lowest BCUT2D eigenvalue weighted by Crippen LogP contribution is -2.37. The van der Waals surface area contributed by atoms with Gasteiger partial charge in [0.15, 0.2) is 4.34 Å². The van der Waals surface area contributed by atoms with Gasteiger partial charge >= 0.3 is 12.0 Å². The summed E-state index contributed by atoms with van der Waals surface area (Å²) in [7, 11) is 0. The number of hydrogen-bond donors (Lipinski definition) is 1. The van der Waals surface area contributed by atoms with Crippen molar-refractivity contribution in [2.45, 2.75) is 94.8 Å². The molecule has 1 N–H and O–H groups in total. The second-order valence-corrected chi connectivity index (χ2v) is 13.2. The first-order valence-corrected chi connectivity index (χ1v) is 14.4. The number of unbranched alkanes of at least 4 members (excludes halogenated alkanes) is 4. The number of thiazole rings is 1. The summed E-state index contributed by atoms with van der Waals surface area (Å²) < 4.78 is 32.8. The first-order valence-electron chi connectivity index (χ1n) is 12.7. The molecule has 208 valence electrons. The van der Waals surface area contributed by atoms with Gasteiger partial charge < -0.3 is 15.0 Å². The molecule has 0 saturated heterocycles. The number of halogens is 2. The van der Waals surface area contributed by atoms with Crippen LogP contribution in [0.1, 0.15) is 80.8 Å². The van der Waals surface area contributed by atoms with Gasteiger partial charge in [-0.1, -0.05) is 44.4 Å². The molecule has 0 aliphatic rings. The molecule has 37 heavy (non-hydrogen) atoms. The number of anilines is 1. The molecule has 0 unspecified atom stereocenters. The number of aromatic nitrogens is 1. The molecule has 0 bridgehead atoms. The van der Waals surface area contributed by atoms with E-state index in [1.54, 1.807) is 4.90 Å². The highest BCUT2D eigenvalue weighted by Gasteiger charge is 2.34. The summed E-state index contributed by atoms with van der Waals surface area (Å²) in [5, 5.41) is 4.49. The maximum absolute atomic E-state index is 14.1. The SMILES string of the molecule is CCCCCCCN(CCc1csc(SC(C)(C)C(=O)OC(C)(C)C)n1)C(=O)Nc1ccc(F)cc1F.[HH]. The molecule has 2 amide bonds. The molecule has 2 aromatic rings. The van der Waals surface area contributed by atoms with Gasteiger partial charge in [-0.05, 0) is 53.2 Å². The Morgan fingerprint density at radius 3 is 2.46 bits per heavy atom. The number of amides is 2. The largest absolute Gasteiger partial charge is 0.459 e. The summed E-state index contributed by atoms with van der Waals surface area (Å²) in [6, 6.07) is 2.65. The van der Waals surface area contributed by atoms with Crippen LogP contribution in [0.15, 0.2) is 27.9 Å². The molecule has 6 nitrogen and oxygen atoms in total. The van der Waals surface area contributed by atoms with Crippen molar-refractivity contribution in [2.75, 3.05) is 18.4 Å². The number of ether oxygens (including phenoxy) is 1. The summed E-state index contributed by atoms with van der Waals surface area (Å²) in [5.41, 5.74) is 0.184. The molecule has 0 aliphatic heterocycles. The Hall–Kier alpha value is -2.20. The fraction of sp³-hybridized carbons (Fsp3) is 0.593. The number of esters is 1. The van der Waals surface area contributed by atoms with Crippen molar-refractivity contribution in [3.63, 3.8) is 0 Å². The molecule has 0 saturated carbocycles. The molecule has 0 radical (unpaired) electrons. The smallest absolute Gasteiger partial charge is 0.322 e. The van der Waals surface area contributed by atoms with E-state index in [-0.39, 0.29) is 13.1 Å². The Bertz CT molecular complexity index is 1040. The van der Waals surface area contributed by atoms with Crippen molar-refractivity contribution >= 4 is 40.8 Å². The number of thioether (sulfide) groups is 1. The van der Waals surface area contributed by atoms with E-state index in [1.165, 1.54) is 29.2 Å². The van der Waals surface area contributed by atoms with Gasteiger partial charge in [0, 0.05) is 32.4 Å². The van der Waals surface area contributed by atoms with Gasteiger partial charge in [0.05, 0.1) is 11.4 Å². The fourth-order valence-electron chi connectivity index (χ4n) is 3.37. The molecule has 10 heteroatoms. The second kappa shape index (κ2) is 14.1. The molecule has 0 atom stereocenters. The van der Waals surface area contributed by atoms with E-state index in [0.29, 0.717) is 19.5 Å². The molecule has 2 rings (SSSR count). The molecule has 1 heterocycles. The van der Waals surface area contributed by atoms with Gasteiger partial charge in [0.2, 0.25) is 0 Å². The maximum atomic E-state index is 14.1. The number of carbonyl (C=O) groups is 2. The van der Waals surface area contributed by atoms with Crippen LogP contribution in [-0.2, 0) is 16.0 Å². The fourth-order valence-corrected chi connectivity index (χ4v) is 5.63. The number of carbonyl (C=O) groups excluding carboxylic acids is 2. The zero-order chi connectivity index (χ0) is 27.6. The van der Waals surface area contributed by atoms with Crippen LogP contribution in [0.3, 0.4) is 0 Å². The van der Waals surface area contributed by atoms with Crippen LogP contribution < -0.4 is 5.32 Å². The monoisotopic (exact) mass is 557 g/mol. The Balaban J connectivity index is 0.00000722. The third-order valence-electron chi connectivity index (χ3n) is 5.39. The van der Waals surface area contributed by atoms with E-state index < -0.39 is 28.0 Å². The van der Waals surface area contributed by atoms with Gasteiger partial charge in [0.25, 0.3) is 0 Å². The second-order valence-electron chi connectivity index (χ2n) is 10.4. The van der Waals surface area contributed by atoms with E-state index in [2.05, 4.69) is 17.2 Å². The Morgan fingerprint density at radius 1 is 1.11 bits per heavy atom. The summed E-state index contributed by atoms with van der Waals surface area (Å²) in [6.45, 7) is 12.2. The van der Waals surface area contributed by atoms with Gasteiger partial charge in [0.1, 0.15) is 22.0 Å². The normalized spacial score (nSPS) is 11.9. The van der Waals surface area contributed by atoms with E-state index in [4.69, 9.17) is 4.74 Å². The number of urea groups is 1. The van der Waals surface area contributed by atoms with Gasteiger partial charge in [-0.2, -0.15) is 0 Å². The third kappa shape index (κ3) is 11.0. The van der Waals surface area contributed by atoms with Gasteiger partial charge in [-0.3, -0.25) is 4.79 Å². The van der Waals surface area contributed by atoms with E-state index >= 15 is 0 Å². The molecule has 0 spiro atoms. The lowest BCUT2D eigenvalue weighted by Gasteiger charge is -2.27. The van der Waals surface area contributed by atoms with Crippen LogP contribution in [0.4, 0.5) is 19.3 Å². The topological polar surface area (TPSA) is 71.5 Å². The number of nitrogens with one attached hydrogen (secondary N) is 1. The van der Waals surface area contributed by atoms with E-state index in [1.807, 2.05) is 40.0 Å². The van der Waals surface area contributed by atoms with Crippen molar-refractivity contribution in [1.29, 1.82) is 0 Å². The molecule has 1 aromatic carbocycles. The minimum Gasteiger partial charge on any atom is -0.459 e. The van der Waals surface area contributed by atoms with Crippen molar-refractivity contribution in [3.05, 3.63) is 40.9 Å². The predicted octanol–water partition coefficient (Wildman–Crippen LogP) is 7.93. The highest BCUT2D eigenvalue weighted by molar-refractivity contribution is 8.03. The van der Waals surface area contributed by atoms with Crippen LogP contribution in [0.25, 0.3) is 0 Å². The lowest BCUT2D eigenvalue weighted by atomic mass is 10.1. The lowest BCUT2D eigenvalue weighted by molar-refractivity contribution is -0.156. The van der Waals surface area contributed by atoms with Crippen LogP contribution in [0.2, 0.25) is 0 Å². The van der Waals surface area contributed by atoms with E-state index in [0.717, 1.165) is 54.3 Å². The van der Waals surface area contributed by atoms with Crippen LogP contribution in [0, 0.1) is 11.6 Å². The van der Waals surface area contributed by atoms with Gasteiger partial charge in [-0.25, -0.2) is 18.6 Å². The highest BCUT2D eigenvalue weighted by Crippen LogP contribution is 2.36. The quantitative estimate of drug-likeness (QED) is 0.154. The number of nitrogens with zero attached hydrogens (tertiary/aromatic N) is 2. The predicted molar refractivity (Wildman–Crippen MR) is 149 cm³/mol. The molecular weight excluding hydrogens is 516 g/mol. The summed E-state index contributed by atoms with van der Waals surface area (Å²) in [6.07, 6.45) is 5.72. The van der Waals surface area contributed by atoms with Crippen molar-refractivity contribution in [3.8, 4) is 0 Å². The Labute approximate surface area is 229 Å². The summed E-state index contributed by atoms with van der Waals surface area (Å²) >= 11 is 2.79. The Kier molecular flexibility index (Phi) is 11.8. The maximum Gasteiger partial charge on any atom is 0.322 e. The Morgan fingerprint density at radius 2 is 1.81 bits per heavy atom. The zero-order valence-corrected chi connectivity index (χ0v) is 24.3.